The third kappa shape index (κ3) is 3.14. The van der Waals surface area contributed by atoms with Crippen LogP contribution in [-0.2, 0) is 0 Å². The van der Waals surface area contributed by atoms with Crippen LogP contribution in [0.4, 0.5) is 0 Å². The Balaban J connectivity index is 2.31. The lowest BCUT2D eigenvalue weighted by Gasteiger charge is -2.18. The van der Waals surface area contributed by atoms with Crippen LogP contribution in [0.2, 0.25) is 0 Å². The number of aromatic nitrogens is 2. The van der Waals surface area contributed by atoms with Gasteiger partial charge >= 0.3 is 0 Å². The molecule has 1 N–H and O–H groups in total. The molecule has 1 atom stereocenters. The molecule has 0 fully saturated rings. The normalized spacial score (nSPS) is 12.3. The van der Waals surface area contributed by atoms with E-state index in [2.05, 4.69) is 41.3 Å². The van der Waals surface area contributed by atoms with Gasteiger partial charge < -0.3 is 5.32 Å². The summed E-state index contributed by atoms with van der Waals surface area (Å²) in [6.07, 6.45) is 6.66. The first-order valence-electron chi connectivity index (χ1n) is 6.37. The second-order valence-corrected chi connectivity index (χ2v) is 4.43. The lowest BCUT2D eigenvalue weighted by Crippen LogP contribution is -2.24. The van der Waals surface area contributed by atoms with Crippen molar-refractivity contribution in [1.29, 1.82) is 0 Å². The van der Waals surface area contributed by atoms with Crippen LogP contribution in [0.15, 0.2) is 42.9 Å². The van der Waals surface area contributed by atoms with Crippen LogP contribution < -0.4 is 5.32 Å². The van der Waals surface area contributed by atoms with Crippen LogP contribution in [0.5, 0.6) is 0 Å². The summed E-state index contributed by atoms with van der Waals surface area (Å²) in [5.74, 6) is 0. The van der Waals surface area contributed by atoms with E-state index in [1.165, 1.54) is 5.56 Å². The van der Waals surface area contributed by atoms with Crippen LogP contribution in [0.25, 0.3) is 0 Å². The summed E-state index contributed by atoms with van der Waals surface area (Å²) in [6, 6.07) is 8.32. The molecule has 18 heavy (non-hydrogen) atoms. The van der Waals surface area contributed by atoms with E-state index < -0.39 is 0 Å². The number of aryl methyl sites for hydroxylation is 1. The van der Waals surface area contributed by atoms with Crippen LogP contribution in [0.3, 0.4) is 0 Å². The van der Waals surface area contributed by atoms with Gasteiger partial charge in [0, 0.05) is 18.6 Å². The van der Waals surface area contributed by atoms with E-state index >= 15 is 0 Å². The molecular formula is C15H19N3. The maximum absolute atomic E-state index is 4.48. The highest BCUT2D eigenvalue weighted by atomic mass is 14.9. The second-order valence-electron chi connectivity index (χ2n) is 4.43. The molecule has 2 aromatic rings. The Labute approximate surface area is 108 Å². The van der Waals surface area contributed by atoms with Gasteiger partial charge in [0.1, 0.15) is 0 Å². The Morgan fingerprint density at radius 3 is 2.83 bits per heavy atom. The molecule has 1 unspecified atom stereocenters. The van der Waals surface area contributed by atoms with Crippen molar-refractivity contribution in [2.75, 3.05) is 6.54 Å². The van der Waals surface area contributed by atoms with Gasteiger partial charge in [-0.15, -0.1) is 0 Å². The lowest BCUT2D eigenvalue weighted by molar-refractivity contribution is 0.584. The highest BCUT2D eigenvalue weighted by Gasteiger charge is 2.14. The maximum atomic E-state index is 4.48. The number of nitrogens with zero attached hydrogens (tertiary/aromatic N) is 2. The van der Waals surface area contributed by atoms with Gasteiger partial charge in [-0.25, -0.2) is 0 Å². The fourth-order valence-corrected chi connectivity index (χ4v) is 1.95. The molecule has 0 spiro atoms. The van der Waals surface area contributed by atoms with E-state index in [4.69, 9.17) is 0 Å². The summed E-state index contributed by atoms with van der Waals surface area (Å²) in [5.41, 5.74) is 3.44. The molecule has 3 heteroatoms. The monoisotopic (exact) mass is 241 g/mol. The van der Waals surface area contributed by atoms with Crippen LogP contribution in [0.1, 0.15) is 36.2 Å². The molecule has 0 radical (unpaired) electrons. The van der Waals surface area contributed by atoms with Crippen molar-refractivity contribution >= 4 is 0 Å². The summed E-state index contributed by atoms with van der Waals surface area (Å²) >= 11 is 0. The third-order valence-corrected chi connectivity index (χ3v) is 2.85. The van der Waals surface area contributed by atoms with Crippen LogP contribution in [0, 0.1) is 6.92 Å². The minimum Gasteiger partial charge on any atom is -0.305 e. The fraction of sp³-hybridized carbons (Fsp3) is 0.333. The molecule has 0 aliphatic carbocycles. The predicted molar refractivity (Wildman–Crippen MR) is 73.3 cm³/mol. The van der Waals surface area contributed by atoms with Crippen molar-refractivity contribution < 1.29 is 0 Å². The molecule has 0 aliphatic heterocycles. The van der Waals surface area contributed by atoms with Crippen LogP contribution >= 0.6 is 0 Å². The zero-order chi connectivity index (χ0) is 12.8. The molecule has 0 bridgehead atoms. The Bertz CT molecular complexity index is 482. The van der Waals surface area contributed by atoms with Gasteiger partial charge in [-0.1, -0.05) is 13.0 Å². The van der Waals surface area contributed by atoms with Gasteiger partial charge in [-0.3, -0.25) is 9.97 Å². The minimum atomic E-state index is 0.124. The second kappa shape index (κ2) is 6.26. The minimum absolute atomic E-state index is 0.124. The van der Waals surface area contributed by atoms with Crippen molar-refractivity contribution in [2.24, 2.45) is 0 Å². The third-order valence-electron chi connectivity index (χ3n) is 2.85. The summed E-state index contributed by atoms with van der Waals surface area (Å²) in [6.45, 7) is 5.22. The zero-order valence-electron chi connectivity index (χ0n) is 10.9. The Morgan fingerprint density at radius 2 is 2.17 bits per heavy atom. The quantitative estimate of drug-likeness (QED) is 0.874. The topological polar surface area (TPSA) is 37.8 Å². The van der Waals surface area contributed by atoms with E-state index in [9.17, 15) is 0 Å². The SMILES string of the molecule is CCCNC(c1cccnc1)c1cc(C)ccn1. The lowest BCUT2D eigenvalue weighted by atomic mass is 10.0. The molecule has 2 heterocycles. The molecule has 2 rings (SSSR count). The average Bonchev–Trinajstić information content (AvgIpc) is 2.40. The molecule has 94 valence electrons. The smallest absolute Gasteiger partial charge is 0.0766 e. The first-order valence-corrected chi connectivity index (χ1v) is 6.37. The fourth-order valence-electron chi connectivity index (χ4n) is 1.95. The summed E-state index contributed by atoms with van der Waals surface area (Å²) in [7, 11) is 0. The maximum Gasteiger partial charge on any atom is 0.0766 e. The molecule has 0 aromatic carbocycles. The summed E-state index contributed by atoms with van der Waals surface area (Å²) in [4.78, 5) is 8.67. The predicted octanol–water partition coefficient (Wildman–Crippen LogP) is 2.87. The standard InChI is InChI=1S/C15H19N3/c1-3-7-18-15(13-5-4-8-16-11-13)14-10-12(2)6-9-17-14/h4-6,8-11,15,18H,3,7H2,1-2H3. The Kier molecular flexibility index (Phi) is 4.42. The van der Waals surface area contributed by atoms with Gasteiger partial charge in [0.25, 0.3) is 0 Å². The number of hydrogen-bond acceptors (Lipinski definition) is 3. The van der Waals surface area contributed by atoms with E-state index in [0.29, 0.717) is 0 Å². The van der Waals surface area contributed by atoms with E-state index in [-0.39, 0.29) is 6.04 Å². The molecule has 2 aromatic heterocycles. The largest absolute Gasteiger partial charge is 0.305 e. The van der Waals surface area contributed by atoms with Gasteiger partial charge in [-0.2, -0.15) is 0 Å². The summed E-state index contributed by atoms with van der Waals surface area (Å²) in [5, 5.41) is 3.53. The number of rotatable bonds is 5. The van der Waals surface area contributed by atoms with Crippen molar-refractivity contribution in [2.45, 2.75) is 26.3 Å². The van der Waals surface area contributed by atoms with Gasteiger partial charge in [0.15, 0.2) is 0 Å². The number of hydrogen-bond donors (Lipinski definition) is 1. The van der Waals surface area contributed by atoms with Gasteiger partial charge in [-0.05, 0) is 49.2 Å². The van der Waals surface area contributed by atoms with Crippen molar-refractivity contribution in [3.8, 4) is 0 Å². The van der Waals surface area contributed by atoms with E-state index in [1.54, 1.807) is 6.20 Å². The Morgan fingerprint density at radius 1 is 1.28 bits per heavy atom. The van der Waals surface area contributed by atoms with Crippen molar-refractivity contribution in [3.63, 3.8) is 0 Å². The van der Waals surface area contributed by atoms with E-state index in [0.717, 1.165) is 24.2 Å². The van der Waals surface area contributed by atoms with Crippen LogP contribution in [-0.4, -0.2) is 16.5 Å². The number of pyridine rings is 2. The highest BCUT2D eigenvalue weighted by molar-refractivity contribution is 5.27. The zero-order valence-corrected chi connectivity index (χ0v) is 10.9. The molecule has 0 saturated carbocycles. The first-order chi connectivity index (χ1) is 8.81. The Hall–Kier alpha value is -1.74. The summed E-state index contributed by atoms with van der Waals surface area (Å²) < 4.78 is 0. The van der Waals surface area contributed by atoms with Gasteiger partial charge in [0.05, 0.1) is 11.7 Å². The molecule has 0 saturated heterocycles. The molecular weight excluding hydrogens is 222 g/mol. The molecule has 3 nitrogen and oxygen atoms in total. The van der Waals surface area contributed by atoms with Crippen molar-refractivity contribution in [1.82, 2.24) is 15.3 Å². The van der Waals surface area contributed by atoms with Crippen molar-refractivity contribution in [3.05, 3.63) is 59.7 Å². The average molecular weight is 241 g/mol. The van der Waals surface area contributed by atoms with E-state index in [1.807, 2.05) is 24.5 Å². The first kappa shape index (κ1) is 12.7. The molecule has 0 amide bonds. The molecule has 0 aliphatic rings. The highest BCUT2D eigenvalue weighted by Crippen LogP contribution is 2.20. The van der Waals surface area contributed by atoms with Gasteiger partial charge in [0.2, 0.25) is 0 Å². The number of nitrogens with one attached hydrogen (secondary N) is 1.